The van der Waals surface area contributed by atoms with E-state index in [1.807, 2.05) is 38.1 Å². The van der Waals surface area contributed by atoms with Crippen LogP contribution in [0.15, 0.2) is 36.9 Å². The van der Waals surface area contributed by atoms with Gasteiger partial charge in [-0.25, -0.2) is 0 Å². The molecule has 2 aromatic rings. The summed E-state index contributed by atoms with van der Waals surface area (Å²) in [6.07, 6.45) is 2.50. The normalized spacial score (nSPS) is 10.5. The summed E-state index contributed by atoms with van der Waals surface area (Å²) in [5, 5.41) is 12.1. The Kier molecular flexibility index (Phi) is 5.66. The molecule has 0 bridgehead atoms. The van der Waals surface area contributed by atoms with Gasteiger partial charge in [-0.1, -0.05) is 49.5 Å². The minimum absolute atomic E-state index is 0.0647. The molecule has 0 fully saturated rings. The molecule has 1 aromatic carbocycles. The molecule has 1 aromatic heterocycles. The minimum Gasteiger partial charge on any atom is -0.483 e. The number of benzene rings is 1. The van der Waals surface area contributed by atoms with Crippen LogP contribution >= 0.6 is 11.3 Å². The van der Waals surface area contributed by atoms with Crippen molar-refractivity contribution in [2.45, 2.75) is 26.2 Å². The average molecular weight is 317 g/mol. The molecule has 0 aliphatic rings. The van der Waals surface area contributed by atoms with Gasteiger partial charge in [-0.3, -0.25) is 10.1 Å². The predicted octanol–water partition coefficient (Wildman–Crippen LogP) is 3.41. The lowest BCUT2D eigenvalue weighted by Gasteiger charge is -2.09. The Labute approximate surface area is 134 Å². The predicted molar refractivity (Wildman–Crippen MR) is 88.5 cm³/mol. The van der Waals surface area contributed by atoms with E-state index in [4.69, 9.17) is 4.74 Å². The highest BCUT2D eigenvalue weighted by atomic mass is 32.1. The van der Waals surface area contributed by atoms with Crippen LogP contribution in [0.5, 0.6) is 5.75 Å². The molecule has 0 saturated carbocycles. The number of nitrogens with one attached hydrogen (secondary N) is 1. The van der Waals surface area contributed by atoms with E-state index < -0.39 is 0 Å². The molecule has 22 heavy (non-hydrogen) atoms. The molecule has 0 spiro atoms. The second-order valence-electron chi connectivity index (χ2n) is 5.04. The summed E-state index contributed by atoms with van der Waals surface area (Å²) in [5.41, 5.74) is 1.00. The van der Waals surface area contributed by atoms with Gasteiger partial charge in [0.15, 0.2) is 6.61 Å². The van der Waals surface area contributed by atoms with Crippen molar-refractivity contribution in [2.24, 2.45) is 0 Å². The quantitative estimate of drug-likeness (QED) is 0.795. The smallest absolute Gasteiger partial charge is 0.264 e. The van der Waals surface area contributed by atoms with E-state index in [1.165, 1.54) is 11.3 Å². The summed E-state index contributed by atoms with van der Waals surface area (Å²) in [6.45, 7) is 7.72. The average Bonchev–Trinajstić information content (AvgIpc) is 2.95. The second kappa shape index (κ2) is 7.70. The van der Waals surface area contributed by atoms with Crippen LogP contribution in [0.3, 0.4) is 0 Å². The summed E-state index contributed by atoms with van der Waals surface area (Å²) in [5.74, 6) is 0.739. The zero-order valence-electron chi connectivity index (χ0n) is 12.7. The number of aromatic nitrogens is 2. The third-order valence-corrected chi connectivity index (χ3v) is 4.02. The fourth-order valence-corrected chi connectivity index (χ4v) is 2.55. The van der Waals surface area contributed by atoms with Crippen LogP contribution in [0.1, 0.15) is 30.3 Å². The van der Waals surface area contributed by atoms with Crippen molar-refractivity contribution in [3.63, 3.8) is 0 Å². The number of anilines is 1. The number of ether oxygens (including phenoxy) is 1. The number of hydrogen-bond donors (Lipinski definition) is 1. The molecule has 0 atom stereocenters. The first-order valence-electron chi connectivity index (χ1n) is 7.05. The highest BCUT2D eigenvalue weighted by Crippen LogP contribution is 2.22. The van der Waals surface area contributed by atoms with Gasteiger partial charge in [0, 0.05) is 5.92 Å². The number of carbonyl (C=O) groups is 1. The highest BCUT2D eigenvalue weighted by Gasteiger charge is 2.11. The Morgan fingerprint density at radius 1 is 1.41 bits per heavy atom. The van der Waals surface area contributed by atoms with Crippen molar-refractivity contribution in [1.29, 1.82) is 0 Å². The van der Waals surface area contributed by atoms with Crippen LogP contribution in [-0.4, -0.2) is 22.7 Å². The summed E-state index contributed by atoms with van der Waals surface area (Å²) >= 11 is 1.38. The summed E-state index contributed by atoms with van der Waals surface area (Å²) < 4.78 is 5.57. The first-order chi connectivity index (χ1) is 10.6. The van der Waals surface area contributed by atoms with Crippen LogP contribution < -0.4 is 10.1 Å². The van der Waals surface area contributed by atoms with Gasteiger partial charge in [0.25, 0.3) is 5.91 Å². The molecule has 1 N–H and O–H groups in total. The molecule has 1 heterocycles. The minimum atomic E-state index is -0.250. The van der Waals surface area contributed by atoms with E-state index in [-0.39, 0.29) is 12.5 Å². The second-order valence-corrected chi connectivity index (χ2v) is 6.05. The maximum absolute atomic E-state index is 11.9. The van der Waals surface area contributed by atoms with Crippen LogP contribution in [0, 0.1) is 0 Å². The van der Waals surface area contributed by atoms with E-state index >= 15 is 0 Å². The van der Waals surface area contributed by atoms with E-state index in [2.05, 4.69) is 22.1 Å². The molecule has 0 aliphatic heterocycles. The number of carbonyl (C=O) groups excluding carboxylic acids is 1. The maximum Gasteiger partial charge on any atom is 0.264 e. The molecule has 0 saturated heterocycles. The lowest BCUT2D eigenvalue weighted by molar-refractivity contribution is -0.118. The van der Waals surface area contributed by atoms with Gasteiger partial charge in [-0.2, -0.15) is 0 Å². The Hall–Kier alpha value is -2.21. The molecule has 0 unspecified atom stereocenters. The Morgan fingerprint density at radius 3 is 2.86 bits per heavy atom. The number of rotatable bonds is 7. The number of hydrogen-bond acceptors (Lipinski definition) is 5. The van der Waals surface area contributed by atoms with Crippen LogP contribution in [0.2, 0.25) is 0 Å². The number of amides is 1. The summed E-state index contributed by atoms with van der Waals surface area (Å²) in [6, 6.07) is 7.60. The molecule has 6 heteroatoms. The first-order valence-corrected chi connectivity index (χ1v) is 7.86. The highest BCUT2D eigenvalue weighted by molar-refractivity contribution is 7.15. The van der Waals surface area contributed by atoms with Gasteiger partial charge in [-0.05, 0) is 18.1 Å². The lowest BCUT2D eigenvalue weighted by Crippen LogP contribution is -2.20. The maximum atomic E-state index is 11.9. The van der Waals surface area contributed by atoms with Crippen molar-refractivity contribution in [1.82, 2.24) is 10.2 Å². The fourth-order valence-electron chi connectivity index (χ4n) is 1.79. The number of allylic oxidation sites excluding steroid dienone is 1. The van der Waals surface area contributed by atoms with E-state index in [1.54, 1.807) is 6.08 Å². The van der Waals surface area contributed by atoms with Crippen LogP contribution in [-0.2, 0) is 11.2 Å². The standard InChI is InChI=1S/C16H19N3O2S/c1-4-7-12-8-5-6-9-13(12)21-10-14(20)17-16-19-18-15(22-16)11(2)3/h4-6,8-9,11H,1,7,10H2,2-3H3,(H,17,19,20). The molecule has 5 nitrogen and oxygen atoms in total. The third-order valence-electron chi connectivity index (χ3n) is 2.88. The Morgan fingerprint density at radius 2 is 2.18 bits per heavy atom. The molecular formula is C16H19N3O2S. The number of para-hydroxylation sites is 1. The van der Waals surface area contributed by atoms with Gasteiger partial charge < -0.3 is 4.74 Å². The van der Waals surface area contributed by atoms with Gasteiger partial charge in [-0.15, -0.1) is 16.8 Å². The van der Waals surface area contributed by atoms with Gasteiger partial charge in [0.2, 0.25) is 5.13 Å². The van der Waals surface area contributed by atoms with Gasteiger partial charge >= 0.3 is 0 Å². The third kappa shape index (κ3) is 4.39. The van der Waals surface area contributed by atoms with E-state index in [0.717, 1.165) is 10.6 Å². The summed E-state index contributed by atoms with van der Waals surface area (Å²) in [4.78, 5) is 11.9. The molecule has 0 aliphatic carbocycles. The lowest BCUT2D eigenvalue weighted by atomic mass is 10.1. The SMILES string of the molecule is C=CCc1ccccc1OCC(=O)Nc1nnc(C(C)C)s1. The van der Waals surface area contributed by atoms with Gasteiger partial charge in [0.1, 0.15) is 10.8 Å². The zero-order valence-corrected chi connectivity index (χ0v) is 13.5. The molecule has 116 valence electrons. The van der Waals surface area contributed by atoms with Crippen molar-refractivity contribution in [3.05, 3.63) is 47.5 Å². The van der Waals surface area contributed by atoms with Crippen molar-refractivity contribution >= 4 is 22.4 Å². The molecular weight excluding hydrogens is 298 g/mol. The topological polar surface area (TPSA) is 64.1 Å². The van der Waals surface area contributed by atoms with Crippen molar-refractivity contribution < 1.29 is 9.53 Å². The largest absolute Gasteiger partial charge is 0.483 e. The molecule has 2 rings (SSSR count). The van der Waals surface area contributed by atoms with Crippen LogP contribution in [0.25, 0.3) is 0 Å². The number of nitrogens with zero attached hydrogens (tertiary/aromatic N) is 2. The van der Waals surface area contributed by atoms with Gasteiger partial charge in [0.05, 0.1) is 0 Å². The van der Waals surface area contributed by atoms with E-state index in [9.17, 15) is 4.79 Å². The molecule has 1 amide bonds. The van der Waals surface area contributed by atoms with Crippen LogP contribution in [0.4, 0.5) is 5.13 Å². The monoisotopic (exact) mass is 317 g/mol. The Bertz CT molecular complexity index is 652. The fraction of sp³-hybridized carbons (Fsp3) is 0.312. The molecule has 0 radical (unpaired) electrons. The first kappa shape index (κ1) is 16.2. The summed E-state index contributed by atoms with van der Waals surface area (Å²) in [7, 11) is 0. The van der Waals surface area contributed by atoms with Crippen molar-refractivity contribution in [2.75, 3.05) is 11.9 Å². The zero-order chi connectivity index (χ0) is 15.9. The van der Waals surface area contributed by atoms with E-state index in [0.29, 0.717) is 23.2 Å². The van der Waals surface area contributed by atoms with Crippen molar-refractivity contribution in [3.8, 4) is 5.75 Å². The Balaban J connectivity index is 1.91.